The summed E-state index contributed by atoms with van der Waals surface area (Å²) in [7, 11) is 11.0. The predicted molar refractivity (Wildman–Crippen MR) is 229 cm³/mol. The summed E-state index contributed by atoms with van der Waals surface area (Å²) in [5, 5.41) is 4.10. The minimum absolute atomic E-state index is 0.343. The molecule has 1 saturated heterocycles. The van der Waals surface area contributed by atoms with Crippen molar-refractivity contribution in [2.75, 3.05) is 11.4 Å². The predicted octanol–water partition coefficient (Wildman–Crippen LogP) is 13.5. The normalized spacial score (nSPS) is 23.2. The molecule has 4 fully saturated rings. The number of hydrogen-bond donors (Lipinski definition) is 1. The van der Waals surface area contributed by atoms with Crippen molar-refractivity contribution in [1.82, 2.24) is 5.32 Å². The van der Waals surface area contributed by atoms with Crippen LogP contribution in [0, 0.1) is 41.5 Å². The molecule has 1 aliphatic heterocycles. The molecule has 0 bridgehead atoms. The van der Waals surface area contributed by atoms with E-state index in [4.69, 9.17) is 19.4 Å². The third-order valence-electron chi connectivity index (χ3n) is 12.4. The second-order valence-corrected chi connectivity index (χ2v) is 25.6. The molecule has 7 rings (SSSR count). The van der Waals surface area contributed by atoms with Crippen LogP contribution in [0.3, 0.4) is 0 Å². The van der Waals surface area contributed by atoms with Gasteiger partial charge in [0.15, 0.2) is 0 Å². The average molecular weight is 848 g/mol. The number of benzene rings is 3. The van der Waals surface area contributed by atoms with Gasteiger partial charge in [0.1, 0.15) is 5.82 Å². The van der Waals surface area contributed by atoms with Crippen molar-refractivity contribution in [1.29, 1.82) is 0 Å². The molecule has 3 aromatic rings. The Morgan fingerprint density at radius 3 is 1.73 bits per heavy atom. The van der Waals surface area contributed by atoms with Crippen molar-refractivity contribution in [3.8, 4) is 0 Å². The van der Waals surface area contributed by atoms with E-state index in [1.807, 2.05) is 34.9 Å². The molecular formula is C46H64Cl2N2PRu+. The Morgan fingerprint density at radius 1 is 0.673 bits per heavy atom. The molecule has 1 heterocycles. The Balaban J connectivity index is 0.000000402. The number of nitrogens with zero attached hydrogens (tertiary/aromatic N) is 1. The van der Waals surface area contributed by atoms with Gasteiger partial charge in [0.05, 0.1) is 23.0 Å². The van der Waals surface area contributed by atoms with Gasteiger partial charge in [-0.15, -0.1) is 0 Å². The van der Waals surface area contributed by atoms with Crippen LogP contribution in [-0.4, -0.2) is 28.1 Å². The molecule has 3 saturated carbocycles. The Hall–Kier alpha value is -1.50. The van der Waals surface area contributed by atoms with Crippen LogP contribution in [0.1, 0.15) is 140 Å². The van der Waals surface area contributed by atoms with E-state index in [1.165, 1.54) is 115 Å². The quantitative estimate of drug-likeness (QED) is 0.196. The third-order valence-corrected chi connectivity index (χ3v) is 18.8. The van der Waals surface area contributed by atoms with Crippen LogP contribution in [0.2, 0.25) is 0 Å². The summed E-state index contributed by atoms with van der Waals surface area (Å²) in [5.41, 5.74) is 17.5. The van der Waals surface area contributed by atoms with Gasteiger partial charge in [-0.3, -0.25) is 0 Å². The summed E-state index contributed by atoms with van der Waals surface area (Å²) in [6.45, 7) is 14.9. The van der Waals surface area contributed by atoms with Crippen molar-refractivity contribution in [2.45, 2.75) is 154 Å². The zero-order valence-electron chi connectivity index (χ0n) is 32.7. The van der Waals surface area contributed by atoms with Gasteiger partial charge in [0.25, 0.3) is 0 Å². The van der Waals surface area contributed by atoms with E-state index >= 15 is 0 Å². The molecule has 0 aromatic heterocycles. The van der Waals surface area contributed by atoms with Crippen LogP contribution in [0.5, 0.6) is 0 Å². The van der Waals surface area contributed by atoms with Gasteiger partial charge in [-0.05, 0) is 146 Å². The van der Waals surface area contributed by atoms with Gasteiger partial charge in [-0.2, -0.15) is 0 Å². The summed E-state index contributed by atoms with van der Waals surface area (Å²) in [6.07, 6.45) is 20.7. The molecule has 2 unspecified atom stereocenters. The summed E-state index contributed by atoms with van der Waals surface area (Å²) in [6, 6.07) is 19.9. The van der Waals surface area contributed by atoms with Crippen LogP contribution in [0.15, 0.2) is 66.0 Å². The monoisotopic (exact) mass is 847 g/mol. The molecule has 2 atom stereocenters. The number of hydrogen-bond acceptors (Lipinski definition) is 2. The molecule has 3 aliphatic carbocycles. The van der Waals surface area contributed by atoms with Gasteiger partial charge in [-0.25, -0.2) is 0 Å². The molecule has 52 heavy (non-hydrogen) atoms. The summed E-state index contributed by atoms with van der Waals surface area (Å²) < 4.78 is 1.92. The van der Waals surface area contributed by atoms with Gasteiger partial charge in [0, 0.05) is 26.6 Å². The van der Waals surface area contributed by atoms with Crippen molar-refractivity contribution in [3.05, 3.63) is 110 Å². The van der Waals surface area contributed by atoms with E-state index in [0.29, 0.717) is 6.04 Å². The van der Waals surface area contributed by atoms with Gasteiger partial charge in [0.2, 0.25) is 0 Å². The maximum absolute atomic E-state index is 5.67. The number of aryl methyl sites for hydroxylation is 6. The molecule has 4 aliphatic rings. The first kappa shape index (κ1) is 40.2. The molecule has 6 heteroatoms. The molecule has 1 N–H and O–H groups in total. The van der Waals surface area contributed by atoms with Gasteiger partial charge >= 0.3 is 73.4 Å². The maximum atomic E-state index is 5.67. The van der Waals surface area contributed by atoms with Crippen LogP contribution >= 0.6 is 27.3 Å². The second kappa shape index (κ2) is 18.9. The van der Waals surface area contributed by atoms with E-state index in [0.717, 1.165) is 29.1 Å². The first-order valence-corrected chi connectivity index (χ1v) is 27.5. The fraction of sp³-hybridized carbons (Fsp3) is 0.543. The Labute approximate surface area is 330 Å². The molecular weight excluding hydrogens is 783 g/mol. The number of anilines is 1. The Kier molecular flexibility index (Phi) is 14.6. The zero-order valence-corrected chi connectivity index (χ0v) is 37.0. The Bertz CT molecular complexity index is 1660. The number of nitrogens with one attached hydrogen (secondary N) is 1. The SMILES string of the molecule is Cc1cc(C)c(C2CNC(=C3CCCC([PH+](C4CCCCC4)C4CCCCC4)C3)N2c2c(C)cc(C)cc2C)c(C)c1.[Cl][Ru]([Cl])=[CH]c1ccccc1. The molecule has 284 valence electrons. The number of rotatable bonds is 6. The fourth-order valence-corrected chi connectivity index (χ4v) is 17.6. The van der Waals surface area contributed by atoms with Crippen LogP contribution in [0.4, 0.5) is 5.69 Å². The topological polar surface area (TPSA) is 15.3 Å². The van der Waals surface area contributed by atoms with Crippen molar-refractivity contribution in [3.63, 3.8) is 0 Å². The minimum atomic E-state index is -1.61. The molecule has 0 radical (unpaired) electrons. The summed E-state index contributed by atoms with van der Waals surface area (Å²) in [4.78, 5) is 2.79. The second-order valence-electron chi connectivity index (χ2n) is 16.5. The molecule has 3 aromatic carbocycles. The van der Waals surface area contributed by atoms with E-state index in [1.54, 1.807) is 31.3 Å². The molecule has 0 amide bonds. The summed E-state index contributed by atoms with van der Waals surface area (Å²) in [5.74, 6) is 1.48. The van der Waals surface area contributed by atoms with E-state index in [-0.39, 0.29) is 7.92 Å². The van der Waals surface area contributed by atoms with E-state index in [2.05, 4.69) is 76.0 Å². The number of halogens is 2. The molecule has 2 nitrogen and oxygen atoms in total. The first-order chi connectivity index (χ1) is 25.1. The first-order valence-electron chi connectivity index (χ1n) is 20.3. The van der Waals surface area contributed by atoms with Crippen LogP contribution in [0.25, 0.3) is 0 Å². The molecule has 0 spiro atoms. The van der Waals surface area contributed by atoms with Gasteiger partial charge in [-0.1, -0.05) is 48.2 Å². The Morgan fingerprint density at radius 2 is 1.19 bits per heavy atom. The number of allylic oxidation sites excluding steroid dienone is 1. The van der Waals surface area contributed by atoms with Gasteiger partial charge < -0.3 is 10.2 Å². The zero-order chi connectivity index (χ0) is 36.8. The average Bonchev–Trinajstić information content (AvgIpc) is 3.53. The van der Waals surface area contributed by atoms with Crippen molar-refractivity contribution in [2.24, 2.45) is 0 Å². The van der Waals surface area contributed by atoms with Crippen LogP contribution < -0.4 is 10.2 Å². The van der Waals surface area contributed by atoms with E-state index in [9.17, 15) is 0 Å². The summed E-state index contributed by atoms with van der Waals surface area (Å²) >= 11 is -1.61. The van der Waals surface area contributed by atoms with Crippen molar-refractivity contribution < 1.29 is 13.5 Å². The standard InChI is InChI=1S/C39H57N2P.C7H6.2ClH.Ru/c1-26-20-28(3)37(29(4)21-26)36-25-40-39(41(36)38-30(5)22-27(2)23-31(38)6)32-14-13-19-35(24-32)42(33-15-9-7-10-16-33)34-17-11-8-12-18-34;1-7-5-3-2-4-6-7;;;/h20-23,33-36,40H,7-19,24-25H2,1-6H3;1-6H;2*1H;/q;;;;+2/p-1. The van der Waals surface area contributed by atoms with Crippen molar-refractivity contribution >= 4 is 37.6 Å². The fourth-order valence-electron chi connectivity index (χ4n) is 10.6. The third kappa shape index (κ3) is 9.83. The van der Waals surface area contributed by atoms with E-state index < -0.39 is 13.5 Å². The van der Waals surface area contributed by atoms with Crippen LogP contribution in [-0.2, 0) is 13.5 Å².